The number of benzene rings is 1. The van der Waals surface area contributed by atoms with Crippen molar-refractivity contribution in [3.8, 4) is 6.07 Å². The van der Waals surface area contributed by atoms with Crippen molar-refractivity contribution in [1.82, 2.24) is 0 Å². The van der Waals surface area contributed by atoms with Gasteiger partial charge in [-0.1, -0.05) is 0 Å². The molecule has 17 heavy (non-hydrogen) atoms. The molecule has 1 saturated heterocycles. The standard InChI is InChI=1S/C13H17N3O/c14-6-3-10-9-11(15)1-2-13(10)16-7-4-12(17)5-8-16/h1-2,9,12,17H,3-5,7-8,15H2. The molecule has 1 aliphatic rings. The molecule has 0 aromatic heterocycles. The number of nitriles is 1. The van der Waals surface area contributed by atoms with Gasteiger partial charge in [0.05, 0.1) is 18.6 Å². The van der Waals surface area contributed by atoms with Crippen molar-refractivity contribution in [3.05, 3.63) is 23.8 Å². The van der Waals surface area contributed by atoms with Gasteiger partial charge >= 0.3 is 0 Å². The molecule has 0 unspecified atom stereocenters. The van der Waals surface area contributed by atoms with E-state index in [2.05, 4.69) is 11.0 Å². The summed E-state index contributed by atoms with van der Waals surface area (Å²) in [6, 6.07) is 7.87. The normalized spacial score (nSPS) is 16.8. The third kappa shape index (κ3) is 2.69. The Balaban J connectivity index is 2.22. The molecule has 2 rings (SSSR count). The lowest BCUT2D eigenvalue weighted by atomic mass is 10.0. The van der Waals surface area contributed by atoms with Crippen molar-refractivity contribution in [2.45, 2.75) is 25.4 Å². The Morgan fingerprint density at radius 1 is 1.41 bits per heavy atom. The highest BCUT2D eigenvalue weighted by atomic mass is 16.3. The maximum Gasteiger partial charge on any atom is 0.0670 e. The summed E-state index contributed by atoms with van der Waals surface area (Å²) in [5, 5.41) is 18.3. The summed E-state index contributed by atoms with van der Waals surface area (Å²) in [6.45, 7) is 1.67. The molecule has 1 aromatic carbocycles. The Bertz CT molecular complexity index is 431. The van der Waals surface area contributed by atoms with Crippen molar-refractivity contribution >= 4 is 11.4 Å². The van der Waals surface area contributed by atoms with Crippen LogP contribution in [0.3, 0.4) is 0 Å². The molecule has 0 radical (unpaired) electrons. The molecule has 1 heterocycles. The largest absolute Gasteiger partial charge is 0.399 e. The third-order valence-corrected chi connectivity index (χ3v) is 3.18. The zero-order valence-corrected chi connectivity index (χ0v) is 9.76. The van der Waals surface area contributed by atoms with E-state index in [1.807, 2.05) is 18.2 Å². The fraction of sp³-hybridized carbons (Fsp3) is 0.462. The first-order chi connectivity index (χ1) is 8.20. The van der Waals surface area contributed by atoms with Crippen LogP contribution in [0.15, 0.2) is 18.2 Å². The molecule has 0 spiro atoms. The number of aliphatic hydroxyl groups is 1. The van der Waals surface area contributed by atoms with Crippen LogP contribution in [0, 0.1) is 11.3 Å². The van der Waals surface area contributed by atoms with E-state index in [4.69, 9.17) is 11.0 Å². The van der Waals surface area contributed by atoms with E-state index in [9.17, 15) is 5.11 Å². The van der Waals surface area contributed by atoms with Crippen LogP contribution in [-0.4, -0.2) is 24.3 Å². The van der Waals surface area contributed by atoms with Gasteiger partial charge in [0.25, 0.3) is 0 Å². The maximum atomic E-state index is 9.49. The smallest absolute Gasteiger partial charge is 0.0670 e. The van der Waals surface area contributed by atoms with Crippen molar-refractivity contribution in [2.75, 3.05) is 23.7 Å². The zero-order valence-electron chi connectivity index (χ0n) is 9.76. The van der Waals surface area contributed by atoms with Crippen LogP contribution in [0.5, 0.6) is 0 Å². The average Bonchev–Trinajstić information content (AvgIpc) is 2.31. The molecule has 1 aromatic rings. The number of piperidine rings is 1. The predicted molar refractivity (Wildman–Crippen MR) is 67.6 cm³/mol. The van der Waals surface area contributed by atoms with Crippen LogP contribution in [0.2, 0.25) is 0 Å². The number of hydrogen-bond donors (Lipinski definition) is 2. The van der Waals surface area contributed by atoms with Crippen LogP contribution >= 0.6 is 0 Å². The molecular formula is C13H17N3O. The van der Waals surface area contributed by atoms with E-state index >= 15 is 0 Å². The lowest BCUT2D eigenvalue weighted by molar-refractivity contribution is 0.145. The molecule has 0 atom stereocenters. The monoisotopic (exact) mass is 231 g/mol. The van der Waals surface area contributed by atoms with Gasteiger partial charge in [-0.3, -0.25) is 0 Å². The van der Waals surface area contributed by atoms with Gasteiger partial charge in [-0.05, 0) is 36.6 Å². The van der Waals surface area contributed by atoms with Crippen molar-refractivity contribution in [1.29, 1.82) is 5.26 Å². The molecule has 90 valence electrons. The minimum Gasteiger partial charge on any atom is -0.399 e. The van der Waals surface area contributed by atoms with Gasteiger partial charge in [0.1, 0.15) is 0 Å². The molecule has 3 N–H and O–H groups in total. The highest BCUT2D eigenvalue weighted by Gasteiger charge is 2.19. The van der Waals surface area contributed by atoms with Gasteiger partial charge < -0.3 is 15.7 Å². The first-order valence-corrected chi connectivity index (χ1v) is 5.89. The number of nitrogens with two attached hydrogens (primary N) is 1. The summed E-state index contributed by atoms with van der Waals surface area (Å²) < 4.78 is 0. The summed E-state index contributed by atoms with van der Waals surface area (Å²) in [5.41, 5.74) is 8.48. The van der Waals surface area contributed by atoms with Crippen LogP contribution in [-0.2, 0) is 6.42 Å². The van der Waals surface area contributed by atoms with E-state index in [0.29, 0.717) is 12.1 Å². The number of nitrogen functional groups attached to an aromatic ring is 1. The highest BCUT2D eigenvalue weighted by Crippen LogP contribution is 2.26. The lowest BCUT2D eigenvalue weighted by Gasteiger charge is -2.32. The Morgan fingerprint density at radius 2 is 2.12 bits per heavy atom. The second kappa shape index (κ2) is 5.07. The first kappa shape index (κ1) is 11.7. The van der Waals surface area contributed by atoms with E-state index < -0.39 is 0 Å². The molecule has 0 saturated carbocycles. The summed E-state index contributed by atoms with van der Waals surface area (Å²) in [7, 11) is 0. The van der Waals surface area contributed by atoms with Gasteiger partial charge in [-0.25, -0.2) is 0 Å². The molecule has 0 aliphatic carbocycles. The number of rotatable bonds is 2. The third-order valence-electron chi connectivity index (χ3n) is 3.18. The second-order valence-electron chi connectivity index (χ2n) is 4.44. The minimum absolute atomic E-state index is 0.181. The molecule has 0 amide bonds. The van der Waals surface area contributed by atoms with Gasteiger partial charge in [-0.2, -0.15) is 5.26 Å². The number of aliphatic hydroxyl groups excluding tert-OH is 1. The first-order valence-electron chi connectivity index (χ1n) is 5.89. The molecule has 4 nitrogen and oxygen atoms in total. The fourth-order valence-electron chi connectivity index (χ4n) is 2.25. The Kier molecular flexibility index (Phi) is 3.50. The topological polar surface area (TPSA) is 73.3 Å². The molecule has 4 heteroatoms. The van der Waals surface area contributed by atoms with Crippen LogP contribution in [0.25, 0.3) is 0 Å². The van der Waals surface area contributed by atoms with Crippen LogP contribution < -0.4 is 10.6 Å². The highest BCUT2D eigenvalue weighted by molar-refractivity contribution is 5.60. The van der Waals surface area contributed by atoms with E-state index in [0.717, 1.165) is 37.2 Å². The van der Waals surface area contributed by atoms with E-state index in [1.165, 1.54) is 0 Å². The van der Waals surface area contributed by atoms with Gasteiger partial charge in [0.15, 0.2) is 0 Å². The summed E-state index contributed by atoms with van der Waals surface area (Å²) in [5.74, 6) is 0. The number of nitrogens with zero attached hydrogens (tertiary/aromatic N) is 2. The van der Waals surface area contributed by atoms with Crippen molar-refractivity contribution in [3.63, 3.8) is 0 Å². The van der Waals surface area contributed by atoms with Crippen LogP contribution in [0.1, 0.15) is 18.4 Å². The summed E-state index contributed by atoms with van der Waals surface area (Å²) in [4.78, 5) is 2.22. The van der Waals surface area contributed by atoms with Gasteiger partial charge in [-0.15, -0.1) is 0 Å². The lowest BCUT2D eigenvalue weighted by Crippen LogP contribution is -2.36. The zero-order chi connectivity index (χ0) is 12.3. The van der Waals surface area contributed by atoms with Gasteiger partial charge in [0, 0.05) is 24.5 Å². The van der Waals surface area contributed by atoms with Crippen molar-refractivity contribution < 1.29 is 5.11 Å². The summed E-state index contributed by atoms with van der Waals surface area (Å²) in [6.07, 6.45) is 1.77. The number of anilines is 2. The second-order valence-corrected chi connectivity index (χ2v) is 4.44. The van der Waals surface area contributed by atoms with Crippen molar-refractivity contribution in [2.24, 2.45) is 0 Å². The SMILES string of the molecule is N#CCc1cc(N)ccc1N1CCC(O)CC1. The van der Waals surface area contributed by atoms with E-state index in [-0.39, 0.29) is 6.10 Å². The van der Waals surface area contributed by atoms with Crippen LogP contribution in [0.4, 0.5) is 11.4 Å². The average molecular weight is 231 g/mol. The molecular weight excluding hydrogens is 214 g/mol. The molecule has 1 fully saturated rings. The number of hydrogen-bond acceptors (Lipinski definition) is 4. The summed E-state index contributed by atoms with van der Waals surface area (Å²) >= 11 is 0. The Labute approximate surface area is 101 Å². The predicted octanol–water partition coefficient (Wildman–Crippen LogP) is 1.30. The van der Waals surface area contributed by atoms with Gasteiger partial charge in [0.2, 0.25) is 0 Å². The maximum absolute atomic E-state index is 9.49. The van der Waals surface area contributed by atoms with E-state index in [1.54, 1.807) is 0 Å². The Morgan fingerprint density at radius 3 is 2.76 bits per heavy atom. The fourth-order valence-corrected chi connectivity index (χ4v) is 2.25. The minimum atomic E-state index is -0.181. The quantitative estimate of drug-likeness (QED) is 0.752. The Hall–Kier alpha value is -1.73. The molecule has 1 aliphatic heterocycles. The molecule has 0 bridgehead atoms.